The van der Waals surface area contributed by atoms with E-state index >= 15 is 0 Å². The quantitative estimate of drug-likeness (QED) is 0.382. The van der Waals surface area contributed by atoms with E-state index in [9.17, 15) is 14.4 Å². The number of nitrogens with two attached hydrogens (primary N) is 1. The van der Waals surface area contributed by atoms with Gasteiger partial charge in [0.25, 0.3) is 0 Å². The second-order valence-corrected chi connectivity index (χ2v) is 11.1. The number of ether oxygens (including phenoxy) is 2. The number of alkyl carbamates (subject to hydrolysis) is 1. The van der Waals surface area contributed by atoms with E-state index in [1.165, 1.54) is 0 Å². The van der Waals surface area contributed by atoms with Crippen molar-refractivity contribution in [1.82, 2.24) is 20.4 Å². The Morgan fingerprint density at radius 3 is 2.39 bits per heavy atom. The molecule has 1 unspecified atom stereocenters. The van der Waals surface area contributed by atoms with Gasteiger partial charge in [-0.05, 0) is 44.7 Å². The largest absolute Gasteiger partial charge is 0.444 e. The van der Waals surface area contributed by atoms with Crippen LogP contribution in [0.2, 0.25) is 0 Å². The van der Waals surface area contributed by atoms with Crippen LogP contribution in [0.25, 0.3) is 11.1 Å². The average Bonchev–Trinajstić information content (AvgIpc) is 3.35. The normalized spacial score (nSPS) is 16.8. The maximum Gasteiger partial charge on any atom is 0.408 e. The van der Waals surface area contributed by atoms with Crippen LogP contribution in [0.15, 0.2) is 36.7 Å². The minimum Gasteiger partial charge on any atom is -0.444 e. The molecule has 2 amide bonds. The third kappa shape index (κ3) is 7.64. The second kappa shape index (κ2) is 12.5. The summed E-state index contributed by atoms with van der Waals surface area (Å²) in [7, 11) is 1.65. The molecule has 4 N–H and O–H groups in total. The molecule has 3 rings (SSSR count). The highest BCUT2D eigenvalue weighted by Gasteiger charge is 2.45. The monoisotopic (exact) mass is 527 g/mol. The SMILES string of the molecule is COCCn1cc(-c2ccc(CC(C=O)(CN)NC(=O)C3(NC(=O)OC(C)(C)C)CCCCC3)cc2)cn1. The fourth-order valence-corrected chi connectivity index (χ4v) is 4.69. The zero-order valence-electron chi connectivity index (χ0n) is 22.9. The van der Waals surface area contributed by atoms with Crippen LogP contribution in [0.3, 0.4) is 0 Å². The van der Waals surface area contributed by atoms with Crippen LogP contribution < -0.4 is 16.4 Å². The van der Waals surface area contributed by atoms with Crippen molar-refractivity contribution in [3.05, 3.63) is 42.2 Å². The van der Waals surface area contributed by atoms with E-state index < -0.39 is 28.7 Å². The Morgan fingerprint density at radius 2 is 1.82 bits per heavy atom. The van der Waals surface area contributed by atoms with Crippen molar-refractivity contribution >= 4 is 18.3 Å². The second-order valence-electron chi connectivity index (χ2n) is 11.1. The fourth-order valence-electron chi connectivity index (χ4n) is 4.69. The van der Waals surface area contributed by atoms with Gasteiger partial charge < -0.3 is 30.6 Å². The number of carbonyl (C=O) groups excluding carboxylic acids is 3. The molecule has 0 bridgehead atoms. The number of nitrogens with one attached hydrogen (secondary N) is 2. The molecule has 38 heavy (non-hydrogen) atoms. The van der Waals surface area contributed by atoms with Gasteiger partial charge in [0.1, 0.15) is 23.0 Å². The molecular formula is C28H41N5O5. The summed E-state index contributed by atoms with van der Waals surface area (Å²) in [5.41, 5.74) is 5.68. The van der Waals surface area contributed by atoms with Gasteiger partial charge >= 0.3 is 6.09 Å². The molecule has 208 valence electrons. The van der Waals surface area contributed by atoms with E-state index in [4.69, 9.17) is 15.2 Å². The molecule has 2 aromatic rings. The molecule has 1 atom stereocenters. The summed E-state index contributed by atoms with van der Waals surface area (Å²) in [5, 5.41) is 10.1. The molecule has 0 aliphatic heterocycles. The first-order valence-electron chi connectivity index (χ1n) is 13.1. The predicted octanol–water partition coefficient (Wildman–Crippen LogP) is 2.98. The van der Waals surface area contributed by atoms with Crippen molar-refractivity contribution in [2.24, 2.45) is 5.73 Å². The van der Waals surface area contributed by atoms with Crippen LogP contribution in [-0.2, 0) is 32.0 Å². The molecule has 10 heteroatoms. The molecule has 1 aliphatic carbocycles. The number of amides is 2. The third-order valence-corrected chi connectivity index (χ3v) is 6.80. The summed E-state index contributed by atoms with van der Waals surface area (Å²) >= 11 is 0. The Morgan fingerprint density at radius 1 is 1.13 bits per heavy atom. The summed E-state index contributed by atoms with van der Waals surface area (Å²) in [6.45, 7) is 6.46. The van der Waals surface area contributed by atoms with Gasteiger partial charge in [-0.25, -0.2) is 4.79 Å². The van der Waals surface area contributed by atoms with Gasteiger partial charge in [-0.2, -0.15) is 5.10 Å². The van der Waals surface area contributed by atoms with Gasteiger partial charge in [0.2, 0.25) is 5.91 Å². The number of aromatic nitrogens is 2. The smallest absolute Gasteiger partial charge is 0.408 e. The number of aldehydes is 1. The van der Waals surface area contributed by atoms with E-state index in [0.717, 1.165) is 36.0 Å². The summed E-state index contributed by atoms with van der Waals surface area (Å²) in [6, 6.07) is 7.73. The lowest BCUT2D eigenvalue weighted by Gasteiger charge is -2.40. The Labute approximate surface area is 224 Å². The van der Waals surface area contributed by atoms with Gasteiger partial charge in [0.05, 0.1) is 19.3 Å². The highest BCUT2D eigenvalue weighted by Crippen LogP contribution is 2.30. The summed E-state index contributed by atoms with van der Waals surface area (Å²) in [6.07, 6.45) is 7.46. The molecule has 1 aromatic heterocycles. The minimum atomic E-state index is -1.32. The van der Waals surface area contributed by atoms with Crippen molar-refractivity contribution < 1.29 is 23.9 Å². The lowest BCUT2D eigenvalue weighted by Crippen LogP contribution is -2.66. The lowest BCUT2D eigenvalue weighted by atomic mass is 9.79. The zero-order valence-corrected chi connectivity index (χ0v) is 22.9. The number of carbonyl (C=O) groups is 3. The summed E-state index contributed by atoms with van der Waals surface area (Å²) in [5.74, 6) is -0.416. The van der Waals surface area contributed by atoms with Crippen molar-refractivity contribution in [2.75, 3.05) is 20.3 Å². The van der Waals surface area contributed by atoms with Gasteiger partial charge in [-0.1, -0.05) is 43.5 Å². The van der Waals surface area contributed by atoms with Crippen LogP contribution in [0.4, 0.5) is 4.79 Å². The number of methoxy groups -OCH3 is 1. The third-order valence-electron chi connectivity index (χ3n) is 6.80. The van der Waals surface area contributed by atoms with Crippen LogP contribution in [0.5, 0.6) is 0 Å². The van der Waals surface area contributed by atoms with Crippen molar-refractivity contribution in [1.29, 1.82) is 0 Å². The topological polar surface area (TPSA) is 138 Å². The highest BCUT2D eigenvalue weighted by atomic mass is 16.6. The summed E-state index contributed by atoms with van der Waals surface area (Å²) < 4.78 is 12.3. The first-order valence-corrected chi connectivity index (χ1v) is 13.1. The molecule has 1 heterocycles. The molecule has 1 aromatic carbocycles. The number of hydrogen-bond acceptors (Lipinski definition) is 7. The molecule has 1 aliphatic rings. The van der Waals surface area contributed by atoms with Crippen molar-refractivity contribution in [3.63, 3.8) is 0 Å². The molecular weight excluding hydrogens is 486 g/mol. The minimum absolute atomic E-state index is 0.0845. The van der Waals surface area contributed by atoms with Crippen LogP contribution in [0, 0.1) is 0 Å². The number of benzene rings is 1. The number of rotatable bonds is 11. The van der Waals surface area contributed by atoms with Crippen molar-refractivity contribution in [2.45, 2.75) is 82.5 Å². The van der Waals surface area contributed by atoms with Crippen molar-refractivity contribution in [3.8, 4) is 11.1 Å². The van der Waals surface area contributed by atoms with Crippen LogP contribution >= 0.6 is 0 Å². The van der Waals surface area contributed by atoms with E-state index in [1.54, 1.807) is 34.1 Å². The van der Waals surface area contributed by atoms with Gasteiger partial charge in [0, 0.05) is 31.8 Å². The number of nitrogens with zero attached hydrogens (tertiary/aromatic N) is 2. The van der Waals surface area contributed by atoms with Crippen LogP contribution in [-0.4, -0.2) is 65.0 Å². The first-order chi connectivity index (χ1) is 18.0. The first kappa shape index (κ1) is 29.3. The maximum atomic E-state index is 13.6. The lowest BCUT2D eigenvalue weighted by molar-refractivity contribution is -0.133. The van der Waals surface area contributed by atoms with E-state index in [-0.39, 0.29) is 13.0 Å². The van der Waals surface area contributed by atoms with Crippen LogP contribution in [0.1, 0.15) is 58.4 Å². The molecule has 0 radical (unpaired) electrons. The molecule has 0 saturated heterocycles. The Hall–Kier alpha value is -3.24. The van der Waals surface area contributed by atoms with Gasteiger partial charge in [-0.3, -0.25) is 9.48 Å². The fraction of sp³-hybridized carbons (Fsp3) is 0.571. The Balaban J connectivity index is 1.75. The van der Waals surface area contributed by atoms with E-state index in [0.29, 0.717) is 32.3 Å². The molecule has 10 nitrogen and oxygen atoms in total. The predicted molar refractivity (Wildman–Crippen MR) is 144 cm³/mol. The summed E-state index contributed by atoms with van der Waals surface area (Å²) in [4.78, 5) is 38.6. The maximum absolute atomic E-state index is 13.6. The van der Waals surface area contributed by atoms with E-state index in [2.05, 4.69) is 15.7 Å². The molecule has 0 spiro atoms. The standard InChI is InChI=1S/C28H41N5O5/c1-26(2,3)38-25(36)32-28(12-6-5-7-13-28)24(35)31-27(19-29,20-34)16-21-8-10-22(11-9-21)23-17-30-33(18-23)14-15-37-4/h8-11,17-18,20H,5-7,12-16,19,29H2,1-4H3,(H,31,35)(H,32,36). The zero-order chi connectivity index (χ0) is 27.8. The average molecular weight is 528 g/mol. The van der Waals surface area contributed by atoms with E-state index in [1.807, 2.05) is 35.1 Å². The molecule has 1 fully saturated rings. The number of hydrogen-bond donors (Lipinski definition) is 3. The Kier molecular flexibility index (Phi) is 9.67. The molecule has 1 saturated carbocycles. The van der Waals surface area contributed by atoms with Gasteiger partial charge in [-0.15, -0.1) is 0 Å². The van der Waals surface area contributed by atoms with Gasteiger partial charge in [0.15, 0.2) is 0 Å². The Bertz CT molecular complexity index is 1090. The highest BCUT2D eigenvalue weighted by molar-refractivity contribution is 5.92.